The summed E-state index contributed by atoms with van der Waals surface area (Å²) < 4.78 is 5.48. The summed E-state index contributed by atoms with van der Waals surface area (Å²) in [7, 11) is 0. The predicted molar refractivity (Wildman–Crippen MR) is 183 cm³/mol. The number of hydrogen-bond acceptors (Lipinski definition) is 4. The summed E-state index contributed by atoms with van der Waals surface area (Å²) in [5.41, 5.74) is 9.86. The second-order valence-electron chi connectivity index (χ2n) is 10.5. The van der Waals surface area contributed by atoms with E-state index in [1.165, 1.54) is 11.6 Å². The van der Waals surface area contributed by atoms with Gasteiger partial charge in [-0.15, -0.1) is 0 Å². The van der Waals surface area contributed by atoms with Gasteiger partial charge in [0.15, 0.2) is 0 Å². The van der Waals surface area contributed by atoms with Crippen LogP contribution in [0.5, 0.6) is 5.75 Å². The fraction of sp³-hybridized carbons (Fsp3) is 0.0500. The van der Waals surface area contributed by atoms with Crippen LogP contribution >= 0.6 is 0 Å². The van der Waals surface area contributed by atoms with Gasteiger partial charge in [-0.1, -0.05) is 79.4 Å². The van der Waals surface area contributed by atoms with Crippen molar-refractivity contribution in [2.24, 2.45) is 0 Å². The summed E-state index contributed by atoms with van der Waals surface area (Å²) in [6, 6.07) is 54.3. The van der Waals surface area contributed by atoms with E-state index >= 15 is 0 Å². The van der Waals surface area contributed by atoms with Gasteiger partial charge in [-0.3, -0.25) is 0 Å². The van der Waals surface area contributed by atoms with E-state index in [2.05, 4.69) is 145 Å². The summed E-state index contributed by atoms with van der Waals surface area (Å²) in [6.45, 7) is 5.67. The Hall–Kier alpha value is -5.58. The molecule has 0 saturated carbocycles. The standard InChI is InChI=1S/C40H34N2O2/c1-3-40(43)44-39-27-25-37(26-28-39)42(38-16-10-11-30(2)29-38)36-23-19-32(20-24-36)31-17-21-35(22-18-31)41(33-12-6-4-7-13-33)34-14-8-5-9-15-34/h3-29,40,43H,1H2,2H3. The number of rotatable bonds is 10. The Bertz CT molecular complexity index is 1760. The van der Waals surface area contributed by atoms with E-state index in [0.717, 1.165) is 45.3 Å². The molecule has 6 rings (SSSR count). The minimum Gasteiger partial charge on any atom is -0.461 e. The maximum atomic E-state index is 9.79. The van der Waals surface area contributed by atoms with Crippen LogP contribution in [0.1, 0.15) is 5.56 Å². The average Bonchev–Trinajstić information content (AvgIpc) is 3.07. The molecule has 0 aliphatic carbocycles. The summed E-state index contributed by atoms with van der Waals surface area (Å²) in [5.74, 6) is 0.572. The minimum atomic E-state index is -1.05. The molecular weight excluding hydrogens is 540 g/mol. The van der Waals surface area contributed by atoms with Crippen LogP contribution in [0.2, 0.25) is 0 Å². The van der Waals surface area contributed by atoms with Crippen molar-refractivity contribution in [2.75, 3.05) is 9.80 Å². The Kier molecular flexibility index (Phi) is 8.53. The van der Waals surface area contributed by atoms with Crippen molar-refractivity contribution in [3.05, 3.63) is 176 Å². The number of aliphatic hydroxyl groups is 1. The molecule has 4 nitrogen and oxygen atoms in total. The molecule has 216 valence electrons. The van der Waals surface area contributed by atoms with Crippen LogP contribution in [0.15, 0.2) is 170 Å². The second kappa shape index (κ2) is 13.2. The molecule has 1 N–H and O–H groups in total. The highest BCUT2D eigenvalue weighted by Gasteiger charge is 2.15. The van der Waals surface area contributed by atoms with Crippen LogP contribution in [0.4, 0.5) is 34.1 Å². The topological polar surface area (TPSA) is 35.9 Å². The highest BCUT2D eigenvalue weighted by Crippen LogP contribution is 2.38. The van der Waals surface area contributed by atoms with Gasteiger partial charge in [0.25, 0.3) is 0 Å². The van der Waals surface area contributed by atoms with Crippen molar-refractivity contribution < 1.29 is 9.84 Å². The molecule has 44 heavy (non-hydrogen) atoms. The van der Waals surface area contributed by atoms with E-state index in [9.17, 15) is 5.11 Å². The van der Waals surface area contributed by atoms with Crippen molar-refractivity contribution in [2.45, 2.75) is 13.2 Å². The number of hydrogen-bond donors (Lipinski definition) is 1. The lowest BCUT2D eigenvalue weighted by molar-refractivity contribution is 0.0251. The van der Waals surface area contributed by atoms with Crippen LogP contribution in [0, 0.1) is 6.92 Å². The fourth-order valence-corrected chi connectivity index (χ4v) is 5.28. The third kappa shape index (κ3) is 6.41. The van der Waals surface area contributed by atoms with Gasteiger partial charge in [-0.2, -0.15) is 0 Å². The molecule has 0 aliphatic rings. The molecule has 0 aliphatic heterocycles. The molecule has 0 aromatic heterocycles. The molecule has 1 unspecified atom stereocenters. The van der Waals surface area contributed by atoms with Gasteiger partial charge in [0.1, 0.15) is 5.75 Å². The van der Waals surface area contributed by atoms with E-state index in [-0.39, 0.29) is 0 Å². The smallest absolute Gasteiger partial charge is 0.216 e. The van der Waals surface area contributed by atoms with E-state index in [1.54, 1.807) is 0 Å². The van der Waals surface area contributed by atoms with Gasteiger partial charge in [0.05, 0.1) is 0 Å². The van der Waals surface area contributed by atoms with Crippen LogP contribution < -0.4 is 14.5 Å². The Morgan fingerprint density at radius 2 is 0.932 bits per heavy atom. The molecular formula is C40H34N2O2. The lowest BCUT2D eigenvalue weighted by Gasteiger charge is -2.26. The minimum absolute atomic E-state index is 0.572. The highest BCUT2D eigenvalue weighted by atomic mass is 16.6. The molecule has 4 heteroatoms. The maximum Gasteiger partial charge on any atom is 0.216 e. The zero-order valence-electron chi connectivity index (χ0n) is 24.6. The van der Waals surface area contributed by atoms with E-state index in [4.69, 9.17) is 4.74 Å². The SMILES string of the molecule is C=CC(O)Oc1ccc(N(c2ccc(-c3ccc(N(c4ccccc4)c4ccccc4)cc3)cc2)c2cccc(C)c2)cc1. The summed E-state index contributed by atoms with van der Waals surface area (Å²) in [6.07, 6.45) is 0.306. The third-order valence-corrected chi connectivity index (χ3v) is 7.43. The quantitative estimate of drug-likeness (QED) is 0.130. The molecule has 0 bridgehead atoms. The van der Waals surface area contributed by atoms with Gasteiger partial charge < -0.3 is 19.6 Å². The first-order chi connectivity index (χ1) is 21.6. The summed E-state index contributed by atoms with van der Waals surface area (Å²) in [4.78, 5) is 4.48. The molecule has 0 radical (unpaired) electrons. The van der Waals surface area contributed by atoms with Gasteiger partial charge in [-0.05, 0) is 115 Å². The first kappa shape index (κ1) is 28.5. The monoisotopic (exact) mass is 574 g/mol. The molecule has 6 aromatic rings. The van der Waals surface area contributed by atoms with E-state index < -0.39 is 6.29 Å². The highest BCUT2D eigenvalue weighted by molar-refractivity contribution is 5.80. The summed E-state index contributed by atoms with van der Waals surface area (Å²) in [5, 5.41) is 9.79. The zero-order chi connectivity index (χ0) is 30.3. The molecule has 6 aromatic carbocycles. The Morgan fingerprint density at radius 3 is 1.39 bits per heavy atom. The van der Waals surface area contributed by atoms with Gasteiger partial charge >= 0.3 is 0 Å². The normalized spacial score (nSPS) is 11.4. The number of nitrogens with zero attached hydrogens (tertiary/aromatic N) is 2. The lowest BCUT2D eigenvalue weighted by atomic mass is 10.0. The van der Waals surface area contributed by atoms with E-state index in [1.807, 2.05) is 36.4 Å². The molecule has 0 saturated heterocycles. The number of aryl methyl sites for hydroxylation is 1. The van der Waals surface area contributed by atoms with Crippen molar-refractivity contribution in [3.8, 4) is 16.9 Å². The molecule has 0 spiro atoms. The summed E-state index contributed by atoms with van der Waals surface area (Å²) >= 11 is 0. The largest absolute Gasteiger partial charge is 0.461 e. The number of ether oxygens (including phenoxy) is 1. The van der Waals surface area contributed by atoms with Gasteiger partial charge in [-0.25, -0.2) is 0 Å². The number of para-hydroxylation sites is 2. The Labute approximate surface area is 259 Å². The first-order valence-corrected chi connectivity index (χ1v) is 14.6. The van der Waals surface area contributed by atoms with Crippen molar-refractivity contribution in [3.63, 3.8) is 0 Å². The number of anilines is 6. The van der Waals surface area contributed by atoms with Crippen LogP contribution in [-0.2, 0) is 0 Å². The maximum absolute atomic E-state index is 9.79. The third-order valence-electron chi connectivity index (χ3n) is 7.43. The van der Waals surface area contributed by atoms with Gasteiger partial charge in [0, 0.05) is 34.1 Å². The first-order valence-electron chi connectivity index (χ1n) is 14.6. The van der Waals surface area contributed by atoms with Crippen molar-refractivity contribution in [1.29, 1.82) is 0 Å². The number of benzene rings is 6. The predicted octanol–water partition coefficient (Wildman–Crippen LogP) is 10.5. The van der Waals surface area contributed by atoms with Gasteiger partial charge in [0.2, 0.25) is 6.29 Å². The van der Waals surface area contributed by atoms with Crippen LogP contribution in [0.3, 0.4) is 0 Å². The van der Waals surface area contributed by atoms with E-state index in [0.29, 0.717) is 5.75 Å². The second-order valence-corrected chi connectivity index (χ2v) is 10.5. The number of aliphatic hydroxyl groups excluding tert-OH is 1. The fourth-order valence-electron chi connectivity index (χ4n) is 5.28. The average molecular weight is 575 g/mol. The molecule has 0 fully saturated rings. The van der Waals surface area contributed by atoms with Crippen LogP contribution in [-0.4, -0.2) is 11.4 Å². The Morgan fingerprint density at radius 1 is 0.523 bits per heavy atom. The molecule has 1 atom stereocenters. The Balaban J connectivity index is 1.30. The lowest BCUT2D eigenvalue weighted by Crippen LogP contribution is -2.12. The van der Waals surface area contributed by atoms with Crippen molar-refractivity contribution in [1.82, 2.24) is 0 Å². The van der Waals surface area contributed by atoms with Crippen LogP contribution in [0.25, 0.3) is 11.1 Å². The zero-order valence-corrected chi connectivity index (χ0v) is 24.6. The molecule has 0 heterocycles. The molecule has 0 amide bonds. The van der Waals surface area contributed by atoms with Crippen molar-refractivity contribution >= 4 is 34.1 Å².